The number of imidazole rings is 1. The number of rotatable bonds is 19. The van der Waals surface area contributed by atoms with Gasteiger partial charge in [0.1, 0.15) is 6.04 Å². The lowest BCUT2D eigenvalue weighted by Crippen LogP contribution is -2.86. The summed E-state index contributed by atoms with van der Waals surface area (Å²) in [6.07, 6.45) is 2.41. The van der Waals surface area contributed by atoms with E-state index in [9.17, 15) is 24.0 Å². The number of primary amides is 1. The number of carbonyl (C=O) groups is 8. The highest BCUT2D eigenvalue weighted by atomic mass is 16.2. The number of amides is 6. The highest BCUT2D eigenvalue weighted by molar-refractivity contribution is 6.17. The zero-order valence-corrected chi connectivity index (χ0v) is 33.9. The van der Waals surface area contributed by atoms with Gasteiger partial charge in [-0.25, -0.2) is 9.99 Å². The molecule has 5 atom stereocenters. The maximum absolute atomic E-state index is 15.4. The summed E-state index contributed by atoms with van der Waals surface area (Å²) in [6, 6.07) is -1.58. The third kappa shape index (κ3) is 9.68. The minimum absolute atomic E-state index is 0.274. The van der Waals surface area contributed by atoms with E-state index in [1.165, 1.54) is 67.9 Å². The first-order valence-corrected chi connectivity index (χ1v) is 18.0. The van der Waals surface area contributed by atoms with Crippen molar-refractivity contribution >= 4 is 47.0 Å². The van der Waals surface area contributed by atoms with Gasteiger partial charge >= 0.3 is 0 Å². The van der Waals surface area contributed by atoms with Crippen molar-refractivity contribution < 1.29 is 38.4 Å². The number of H-pyrrole nitrogens is 1. The summed E-state index contributed by atoms with van der Waals surface area (Å²) in [5.74, 6) is -13.3. The predicted octanol–water partition coefficient (Wildman–Crippen LogP) is -0.430. The molecule has 0 aromatic carbocycles. The van der Waals surface area contributed by atoms with Gasteiger partial charge < -0.3 is 38.1 Å². The number of nitrogens with zero attached hydrogens (tertiary/aromatic N) is 2. The van der Waals surface area contributed by atoms with Gasteiger partial charge in [0, 0.05) is 49.5 Å². The van der Waals surface area contributed by atoms with E-state index in [-0.39, 0.29) is 6.42 Å². The number of carbonyl (C=O) groups excluding carboxylic acids is 8. The minimum atomic E-state index is -3.21. The Morgan fingerprint density at radius 2 is 1.28 bits per heavy atom. The maximum atomic E-state index is 15.4. The second-order valence-electron chi connectivity index (χ2n) is 15.9. The number of nitrogens with one attached hydrogen (secondary N) is 5. The largest absolute Gasteiger partial charge is 0.368 e. The summed E-state index contributed by atoms with van der Waals surface area (Å²) in [7, 11) is 0. The summed E-state index contributed by atoms with van der Waals surface area (Å²) >= 11 is 0. The zero-order chi connectivity index (χ0) is 42.3. The standard InChI is InChI=1S/C36H62N10O8/c1-18(2)26(48)35(16-41-23(11)47,32(54)43-25(28(37)50)14-24-15-40-17-42-24)36(27(49)19(3)4,44-30(52)33(12,38)21(7)8)46(29(51)20(5)6)45-31(53)34(13,39)22(9)10/h15,17-22,25H,14,16,38-39H2,1-13H3,(H2,37,50)(H,40,42)(H,41,47)(H,43,54)(H,44,52)(H,45,53)/t25-,33-,34-,35?,36?/m0/s1. The molecule has 11 N–H and O–H groups in total. The van der Waals surface area contributed by atoms with Crippen LogP contribution in [0.15, 0.2) is 12.5 Å². The van der Waals surface area contributed by atoms with Gasteiger partial charge in [0.05, 0.1) is 17.4 Å². The highest BCUT2D eigenvalue weighted by Crippen LogP contribution is 2.42. The fourth-order valence-corrected chi connectivity index (χ4v) is 5.38. The fourth-order valence-electron chi connectivity index (χ4n) is 5.38. The molecule has 1 aromatic heterocycles. The lowest BCUT2D eigenvalue weighted by molar-refractivity contribution is -0.186. The highest BCUT2D eigenvalue weighted by Gasteiger charge is 2.71. The van der Waals surface area contributed by atoms with Crippen molar-refractivity contribution in [1.29, 1.82) is 0 Å². The van der Waals surface area contributed by atoms with Crippen LogP contribution in [0.4, 0.5) is 0 Å². The monoisotopic (exact) mass is 762 g/mol. The molecule has 6 amide bonds. The Kier molecular flexibility index (Phi) is 15.8. The molecule has 1 rings (SSSR count). The number of Topliss-reactive ketones (excluding diaryl/α,β-unsaturated/α-hetero) is 2. The molecule has 0 saturated carbocycles. The number of hydrogen-bond donors (Lipinski definition) is 8. The summed E-state index contributed by atoms with van der Waals surface area (Å²) in [5, 5.41) is 7.94. The van der Waals surface area contributed by atoms with Crippen molar-refractivity contribution in [3.05, 3.63) is 18.2 Å². The van der Waals surface area contributed by atoms with Crippen LogP contribution in [-0.4, -0.2) is 91.3 Å². The quantitative estimate of drug-likeness (QED) is 0.0508. The van der Waals surface area contributed by atoms with Gasteiger partial charge in [-0.15, -0.1) is 0 Å². The molecule has 1 aromatic rings. The molecule has 0 aliphatic carbocycles. The van der Waals surface area contributed by atoms with E-state index in [1.54, 1.807) is 27.7 Å². The molecule has 0 aliphatic heterocycles. The lowest BCUT2D eigenvalue weighted by Gasteiger charge is -2.54. The molecule has 1 heterocycles. The van der Waals surface area contributed by atoms with Gasteiger partial charge in [-0.3, -0.25) is 43.8 Å². The van der Waals surface area contributed by atoms with Crippen molar-refractivity contribution in [3.63, 3.8) is 0 Å². The average Bonchev–Trinajstić information content (AvgIpc) is 3.58. The van der Waals surface area contributed by atoms with E-state index in [0.29, 0.717) is 10.7 Å². The summed E-state index contributed by atoms with van der Waals surface area (Å²) in [4.78, 5) is 122. The van der Waals surface area contributed by atoms with Crippen LogP contribution in [0.1, 0.15) is 95.7 Å². The van der Waals surface area contributed by atoms with Crippen molar-refractivity contribution in [2.24, 2.45) is 52.2 Å². The Morgan fingerprint density at radius 3 is 1.67 bits per heavy atom. The van der Waals surface area contributed by atoms with Gasteiger partial charge in [0.25, 0.3) is 5.91 Å². The van der Waals surface area contributed by atoms with E-state index in [2.05, 4.69) is 31.3 Å². The Morgan fingerprint density at radius 1 is 0.778 bits per heavy atom. The topological polar surface area (TPSA) is 295 Å². The zero-order valence-electron chi connectivity index (χ0n) is 33.9. The average molecular weight is 763 g/mol. The summed E-state index contributed by atoms with van der Waals surface area (Å²) in [6.45, 7) is 17.6. The van der Waals surface area contributed by atoms with Crippen LogP contribution in [-0.2, 0) is 44.8 Å². The molecule has 0 radical (unpaired) electrons. The van der Waals surface area contributed by atoms with E-state index < -0.39 is 111 Å². The van der Waals surface area contributed by atoms with Crippen molar-refractivity contribution in [3.8, 4) is 0 Å². The Labute approximate surface area is 317 Å². The molecule has 0 spiro atoms. The van der Waals surface area contributed by atoms with E-state index in [1.807, 2.05) is 0 Å². The number of ketones is 2. The van der Waals surface area contributed by atoms with Crippen molar-refractivity contribution in [2.45, 2.75) is 119 Å². The molecule has 0 saturated heterocycles. The van der Waals surface area contributed by atoms with Crippen LogP contribution < -0.4 is 38.6 Å². The molecule has 18 heteroatoms. The van der Waals surface area contributed by atoms with Crippen LogP contribution >= 0.6 is 0 Å². The Hall–Kier alpha value is -4.71. The van der Waals surface area contributed by atoms with E-state index in [4.69, 9.17) is 17.2 Å². The third-order valence-corrected chi connectivity index (χ3v) is 10.00. The molecule has 2 unspecified atom stereocenters. The SMILES string of the molecule is CC(=O)NCC(C(=O)N[C@@H](Cc1cnc[nH]1)C(N)=O)(C(=O)C(C)C)C(NC(=O)[C@@](C)(N)C(C)C)(C(=O)C(C)C)N(NC(=O)[C@@](C)(N)C(C)C)C(=O)C(C)C. The number of nitrogens with two attached hydrogens (primary N) is 3. The van der Waals surface area contributed by atoms with Gasteiger partial charge in [0.2, 0.25) is 35.2 Å². The molecule has 0 fully saturated rings. The number of aromatic nitrogens is 2. The third-order valence-electron chi connectivity index (χ3n) is 10.00. The summed E-state index contributed by atoms with van der Waals surface area (Å²) in [5.41, 5.74) is 11.7. The van der Waals surface area contributed by atoms with Crippen LogP contribution in [0, 0.1) is 35.0 Å². The Bertz CT molecular complexity index is 1570. The van der Waals surface area contributed by atoms with E-state index in [0.717, 1.165) is 6.92 Å². The first-order chi connectivity index (χ1) is 24.6. The smallest absolute Gasteiger partial charge is 0.258 e. The Balaban J connectivity index is 4.84. The van der Waals surface area contributed by atoms with Crippen molar-refractivity contribution in [1.82, 2.24) is 36.4 Å². The molecule has 0 aliphatic rings. The maximum Gasteiger partial charge on any atom is 0.258 e. The second kappa shape index (κ2) is 18.1. The molecular weight excluding hydrogens is 700 g/mol. The van der Waals surface area contributed by atoms with Crippen LogP contribution in [0.3, 0.4) is 0 Å². The molecule has 0 bridgehead atoms. The lowest BCUT2D eigenvalue weighted by atomic mass is 9.63. The van der Waals surface area contributed by atoms with Crippen LogP contribution in [0.25, 0.3) is 0 Å². The van der Waals surface area contributed by atoms with E-state index >= 15 is 14.4 Å². The predicted molar refractivity (Wildman–Crippen MR) is 200 cm³/mol. The van der Waals surface area contributed by atoms with Crippen molar-refractivity contribution in [2.75, 3.05) is 6.54 Å². The van der Waals surface area contributed by atoms with Crippen LogP contribution in [0.5, 0.6) is 0 Å². The van der Waals surface area contributed by atoms with Crippen LogP contribution in [0.2, 0.25) is 0 Å². The van der Waals surface area contributed by atoms with Gasteiger partial charge in [-0.05, 0) is 25.7 Å². The first kappa shape index (κ1) is 47.3. The number of hydrazine groups is 1. The van der Waals surface area contributed by atoms with Gasteiger partial charge in [0.15, 0.2) is 17.0 Å². The molecule has 54 heavy (non-hydrogen) atoms. The van der Waals surface area contributed by atoms with Gasteiger partial charge in [-0.2, -0.15) is 0 Å². The molecule has 18 nitrogen and oxygen atoms in total. The van der Waals surface area contributed by atoms with Gasteiger partial charge in [-0.1, -0.05) is 69.2 Å². The normalized spacial score (nSPS) is 16.7. The number of aromatic amines is 1. The first-order valence-electron chi connectivity index (χ1n) is 18.0. The number of hydrogen-bond acceptors (Lipinski definition) is 11. The fraction of sp³-hybridized carbons (Fsp3) is 0.694. The molecule has 304 valence electrons. The molecular formula is C36H62N10O8. The summed E-state index contributed by atoms with van der Waals surface area (Å²) < 4.78 is 0. The second-order valence-corrected chi connectivity index (χ2v) is 15.9. The minimum Gasteiger partial charge on any atom is -0.368 e.